The smallest absolute Gasteiger partial charge is 0.261 e. The molecule has 6 rings (SSSR count). The zero-order valence-electron chi connectivity index (χ0n) is 17.9. The van der Waals surface area contributed by atoms with Gasteiger partial charge in [-0.2, -0.15) is 0 Å². The molecule has 2 atom stereocenters. The molecule has 164 valence electrons. The van der Waals surface area contributed by atoms with E-state index >= 15 is 0 Å². The fourth-order valence-electron chi connectivity index (χ4n) is 4.69. The van der Waals surface area contributed by atoms with E-state index in [9.17, 15) is 9.90 Å². The summed E-state index contributed by atoms with van der Waals surface area (Å²) in [4.78, 5) is 27.8. The number of anilines is 1. The van der Waals surface area contributed by atoms with E-state index in [1.807, 2.05) is 60.2 Å². The molecule has 4 N–H and O–H groups in total. The molecule has 8 heteroatoms. The maximum atomic E-state index is 12.9. The molecular formula is C25H22N6O2. The van der Waals surface area contributed by atoms with Crippen LogP contribution < -0.4 is 10.9 Å². The Hall–Kier alpha value is -4.17. The monoisotopic (exact) mass is 438 g/mol. The predicted molar refractivity (Wildman–Crippen MR) is 127 cm³/mol. The van der Waals surface area contributed by atoms with E-state index < -0.39 is 6.10 Å². The number of benzene rings is 2. The number of H-pyrrole nitrogens is 2. The number of hydrogen-bond acceptors (Lipinski definition) is 5. The lowest BCUT2D eigenvalue weighted by molar-refractivity contribution is 0.167. The van der Waals surface area contributed by atoms with Crippen molar-refractivity contribution in [3.63, 3.8) is 0 Å². The van der Waals surface area contributed by atoms with E-state index in [-0.39, 0.29) is 11.6 Å². The number of nitrogens with zero attached hydrogens (tertiary/aromatic N) is 3. The van der Waals surface area contributed by atoms with E-state index in [1.165, 1.54) is 0 Å². The number of aromatic nitrogens is 5. The average Bonchev–Trinajstić information content (AvgIpc) is 3.54. The second-order valence-electron chi connectivity index (χ2n) is 8.41. The van der Waals surface area contributed by atoms with Gasteiger partial charge in [-0.15, -0.1) is 0 Å². The molecule has 0 bridgehead atoms. The second kappa shape index (κ2) is 7.46. The largest absolute Gasteiger partial charge is 0.386 e. The van der Waals surface area contributed by atoms with Gasteiger partial charge in [0.05, 0.1) is 35.2 Å². The first-order valence-corrected chi connectivity index (χ1v) is 10.8. The van der Waals surface area contributed by atoms with E-state index in [0.717, 1.165) is 33.4 Å². The van der Waals surface area contributed by atoms with Gasteiger partial charge in [-0.1, -0.05) is 24.3 Å². The Morgan fingerprint density at radius 2 is 2.09 bits per heavy atom. The Morgan fingerprint density at radius 3 is 2.91 bits per heavy atom. The average molecular weight is 438 g/mol. The minimum Gasteiger partial charge on any atom is -0.386 e. The Bertz CT molecular complexity index is 1530. The zero-order valence-corrected chi connectivity index (χ0v) is 17.9. The molecule has 0 saturated carbocycles. The van der Waals surface area contributed by atoms with E-state index in [1.54, 1.807) is 18.7 Å². The van der Waals surface area contributed by atoms with Gasteiger partial charge in [0.1, 0.15) is 11.4 Å². The number of imidazole rings is 2. The lowest BCUT2D eigenvalue weighted by atomic mass is 10.1. The molecule has 2 unspecified atom stereocenters. The van der Waals surface area contributed by atoms with Crippen LogP contribution >= 0.6 is 0 Å². The molecule has 1 aliphatic carbocycles. The fraction of sp³-hybridized carbons (Fsp3) is 0.160. The maximum absolute atomic E-state index is 12.9. The van der Waals surface area contributed by atoms with Gasteiger partial charge in [-0.05, 0) is 48.2 Å². The highest BCUT2D eigenvalue weighted by atomic mass is 16.3. The number of aryl methyl sites for hydroxylation is 1. The Kier molecular flexibility index (Phi) is 4.41. The van der Waals surface area contributed by atoms with Crippen LogP contribution in [0.25, 0.3) is 28.1 Å². The van der Waals surface area contributed by atoms with Gasteiger partial charge < -0.3 is 25.0 Å². The molecule has 2 aromatic carbocycles. The molecule has 0 radical (unpaired) electrons. The molecule has 3 heterocycles. The molecule has 8 nitrogen and oxygen atoms in total. The summed E-state index contributed by atoms with van der Waals surface area (Å²) in [5.41, 5.74) is 6.40. The number of aromatic amines is 2. The van der Waals surface area contributed by atoms with Crippen LogP contribution in [0.3, 0.4) is 0 Å². The van der Waals surface area contributed by atoms with Crippen LogP contribution in [0.15, 0.2) is 72.2 Å². The predicted octanol–water partition coefficient (Wildman–Crippen LogP) is 3.48. The number of aliphatic hydroxyl groups is 1. The van der Waals surface area contributed by atoms with Crippen molar-refractivity contribution >= 4 is 16.7 Å². The highest BCUT2D eigenvalue weighted by Crippen LogP contribution is 2.35. The van der Waals surface area contributed by atoms with Crippen LogP contribution in [0.2, 0.25) is 0 Å². The van der Waals surface area contributed by atoms with Gasteiger partial charge >= 0.3 is 0 Å². The number of pyridine rings is 1. The van der Waals surface area contributed by atoms with Gasteiger partial charge in [0.25, 0.3) is 5.56 Å². The number of fused-ring (bicyclic) bond motifs is 2. The molecule has 0 aliphatic heterocycles. The van der Waals surface area contributed by atoms with Crippen molar-refractivity contribution < 1.29 is 5.11 Å². The molecule has 33 heavy (non-hydrogen) atoms. The Labute approximate surface area is 189 Å². The Balaban J connectivity index is 1.41. The summed E-state index contributed by atoms with van der Waals surface area (Å²) < 4.78 is 1.93. The molecule has 0 spiro atoms. The summed E-state index contributed by atoms with van der Waals surface area (Å²) in [7, 11) is 0. The van der Waals surface area contributed by atoms with Gasteiger partial charge in [-0.3, -0.25) is 4.79 Å². The van der Waals surface area contributed by atoms with Gasteiger partial charge in [-0.25, -0.2) is 9.97 Å². The third kappa shape index (κ3) is 3.23. The van der Waals surface area contributed by atoms with Crippen molar-refractivity contribution in [1.82, 2.24) is 24.5 Å². The summed E-state index contributed by atoms with van der Waals surface area (Å²) in [5, 5.41) is 14.2. The lowest BCUT2D eigenvalue weighted by Gasteiger charge is -2.19. The van der Waals surface area contributed by atoms with Gasteiger partial charge in [0.2, 0.25) is 0 Å². The Morgan fingerprint density at radius 1 is 1.21 bits per heavy atom. The van der Waals surface area contributed by atoms with Gasteiger partial charge in [0.15, 0.2) is 0 Å². The summed E-state index contributed by atoms with van der Waals surface area (Å²) in [5.74, 6) is 0.477. The highest BCUT2D eigenvalue weighted by molar-refractivity contribution is 5.86. The molecule has 0 amide bonds. The summed E-state index contributed by atoms with van der Waals surface area (Å²) >= 11 is 0. The zero-order chi connectivity index (χ0) is 22.5. The van der Waals surface area contributed by atoms with Crippen molar-refractivity contribution in [2.45, 2.75) is 25.5 Å². The summed E-state index contributed by atoms with van der Waals surface area (Å²) in [6.07, 6.45) is 6.99. The van der Waals surface area contributed by atoms with Crippen molar-refractivity contribution in [2.75, 3.05) is 5.32 Å². The first kappa shape index (κ1) is 19.5. The molecular weight excluding hydrogens is 416 g/mol. The van der Waals surface area contributed by atoms with Gasteiger partial charge in [0, 0.05) is 24.3 Å². The lowest BCUT2D eigenvalue weighted by Crippen LogP contribution is -2.26. The maximum Gasteiger partial charge on any atom is 0.261 e. The number of hydrogen-bond donors (Lipinski definition) is 4. The quantitative estimate of drug-likeness (QED) is 0.343. The van der Waals surface area contributed by atoms with Crippen LogP contribution in [0.4, 0.5) is 5.69 Å². The molecule has 5 aromatic rings. The van der Waals surface area contributed by atoms with Crippen LogP contribution in [0.1, 0.15) is 22.8 Å². The minimum atomic E-state index is -0.649. The van der Waals surface area contributed by atoms with Crippen LogP contribution in [0.5, 0.6) is 0 Å². The van der Waals surface area contributed by atoms with E-state index in [4.69, 9.17) is 4.98 Å². The van der Waals surface area contributed by atoms with Crippen LogP contribution in [0, 0.1) is 6.92 Å². The molecule has 3 aromatic heterocycles. The van der Waals surface area contributed by atoms with Crippen LogP contribution in [-0.4, -0.2) is 35.7 Å². The topological polar surface area (TPSA) is 112 Å². The highest BCUT2D eigenvalue weighted by Gasteiger charge is 2.31. The van der Waals surface area contributed by atoms with Crippen molar-refractivity contribution in [1.29, 1.82) is 0 Å². The number of aliphatic hydroxyl groups excluding tert-OH is 1. The SMILES string of the molecule is Cc1cc(-n2ccnc2)cc2[nH]c(-c3c(NC4Cc5ccccc5C4O)cc[nH]c3=O)nc12. The number of rotatable bonds is 4. The molecule has 1 aliphatic rings. The van der Waals surface area contributed by atoms with Crippen LogP contribution in [-0.2, 0) is 6.42 Å². The van der Waals surface area contributed by atoms with Crippen molar-refractivity contribution in [3.8, 4) is 17.1 Å². The minimum absolute atomic E-state index is 0.234. The standard InChI is InChI=1S/C25H22N6O2/c1-14-10-16(31-9-8-26-13-31)12-19-22(14)30-24(29-19)21-18(6-7-27-25(21)33)28-20-11-15-4-2-3-5-17(15)23(20)32/h2-10,12-13,20,23,32H,11H2,1H3,(H,29,30)(H2,27,28,33). The molecule has 0 saturated heterocycles. The third-order valence-electron chi connectivity index (χ3n) is 6.30. The third-order valence-corrected chi connectivity index (χ3v) is 6.30. The molecule has 0 fully saturated rings. The summed E-state index contributed by atoms with van der Waals surface area (Å²) in [6, 6.07) is 13.5. The second-order valence-corrected chi connectivity index (χ2v) is 8.41. The van der Waals surface area contributed by atoms with Crippen molar-refractivity contribution in [2.24, 2.45) is 0 Å². The van der Waals surface area contributed by atoms with E-state index in [2.05, 4.69) is 20.3 Å². The normalized spacial score (nSPS) is 17.4. The van der Waals surface area contributed by atoms with E-state index in [0.29, 0.717) is 23.5 Å². The fourth-order valence-corrected chi connectivity index (χ4v) is 4.69. The first-order chi connectivity index (χ1) is 16.1. The van der Waals surface area contributed by atoms with Crippen molar-refractivity contribution in [3.05, 3.63) is 94.4 Å². The summed E-state index contributed by atoms with van der Waals surface area (Å²) in [6.45, 7) is 1.99. The first-order valence-electron chi connectivity index (χ1n) is 10.8. The number of nitrogens with one attached hydrogen (secondary N) is 3.